The van der Waals surface area contributed by atoms with Crippen molar-refractivity contribution in [3.05, 3.63) is 179 Å². The number of thioether (sulfide) groups is 1. The normalized spacial score (nSPS) is 13.0. The van der Waals surface area contributed by atoms with Gasteiger partial charge in [0.15, 0.2) is 5.54 Å². The number of rotatable bonds is 10. The van der Waals surface area contributed by atoms with Crippen LogP contribution in [0.3, 0.4) is 0 Å². The second kappa shape index (κ2) is 13.5. The van der Waals surface area contributed by atoms with Crippen LogP contribution in [0, 0.1) is 0 Å². The van der Waals surface area contributed by atoms with Gasteiger partial charge in [-0.3, -0.25) is 4.99 Å². The van der Waals surface area contributed by atoms with Crippen LogP contribution < -0.4 is 0 Å². The molecule has 0 spiro atoms. The molecule has 0 aliphatic carbocycles. The fourth-order valence-corrected chi connectivity index (χ4v) is 6.87. The predicted molar refractivity (Wildman–Crippen MR) is 184 cm³/mol. The Morgan fingerprint density at radius 1 is 0.568 bits per heavy atom. The first-order valence-electron chi connectivity index (χ1n) is 15.0. The van der Waals surface area contributed by atoms with Crippen LogP contribution in [-0.4, -0.2) is 28.6 Å². The maximum Gasteiger partial charge on any atom is 0.335 e. The van der Waals surface area contributed by atoms with E-state index in [0.29, 0.717) is 5.75 Å². The van der Waals surface area contributed by atoms with Crippen LogP contribution in [-0.2, 0) is 14.3 Å². The Morgan fingerprint density at radius 3 is 1.25 bits per heavy atom. The quantitative estimate of drug-likeness (QED) is 0.0915. The first kappa shape index (κ1) is 31.0. The van der Waals surface area contributed by atoms with Crippen LogP contribution in [0.15, 0.2) is 157 Å². The third kappa shape index (κ3) is 7.03. The lowest BCUT2D eigenvalue weighted by Crippen LogP contribution is -2.44. The lowest BCUT2D eigenvalue weighted by molar-refractivity contribution is -0.159. The molecule has 5 aromatic carbocycles. The predicted octanol–water partition coefficient (Wildman–Crippen LogP) is 9.35. The monoisotopic (exact) mass is 597 g/mol. The van der Waals surface area contributed by atoms with Gasteiger partial charge in [-0.05, 0) is 44.4 Å². The zero-order valence-electron chi connectivity index (χ0n) is 25.8. The summed E-state index contributed by atoms with van der Waals surface area (Å²) in [4.78, 5) is 19.6. The van der Waals surface area contributed by atoms with Crippen molar-refractivity contribution in [2.45, 2.75) is 43.6 Å². The fourth-order valence-electron chi connectivity index (χ4n) is 5.28. The van der Waals surface area contributed by atoms with Crippen LogP contribution in [0.4, 0.5) is 0 Å². The fraction of sp³-hybridized carbons (Fsp3) is 0.200. The zero-order chi connectivity index (χ0) is 31.0. The van der Waals surface area contributed by atoms with Crippen LogP contribution in [0.25, 0.3) is 0 Å². The number of esters is 1. The van der Waals surface area contributed by atoms with E-state index < -0.39 is 15.9 Å². The summed E-state index contributed by atoms with van der Waals surface area (Å²) in [6, 6.07) is 51.7. The number of hydrogen-bond donors (Lipinski definition) is 0. The highest BCUT2D eigenvalue weighted by atomic mass is 32.2. The molecular weight excluding hydrogens is 559 g/mol. The second-order valence-electron chi connectivity index (χ2n) is 12.0. The molecule has 0 bridgehead atoms. The molecule has 5 aromatic rings. The smallest absolute Gasteiger partial charge is 0.335 e. The largest absolute Gasteiger partial charge is 0.458 e. The van der Waals surface area contributed by atoms with E-state index in [2.05, 4.69) is 72.8 Å². The molecule has 0 aliphatic rings. The second-order valence-corrected chi connectivity index (χ2v) is 13.2. The molecular formula is C40H39NO2S. The van der Waals surface area contributed by atoms with Gasteiger partial charge >= 0.3 is 5.97 Å². The van der Waals surface area contributed by atoms with E-state index in [1.165, 1.54) is 0 Å². The first-order valence-corrected chi connectivity index (χ1v) is 15.9. The standard InChI is InChI=1S/C40H39NO2S/c1-38(2,3)43-37(42)39(4,41-36(31-20-10-5-11-21-31)32-22-12-6-13-23-32)30-44-40(33-24-14-7-15-25-33,34-26-16-8-17-27-34)35-28-18-9-19-29-35/h5-29H,30H2,1-4H3/t39-/m1/s1. The summed E-state index contributed by atoms with van der Waals surface area (Å²) in [5.41, 5.74) is 4.14. The third-order valence-corrected chi connectivity index (χ3v) is 9.25. The van der Waals surface area contributed by atoms with E-state index in [1.807, 2.05) is 107 Å². The molecule has 0 fully saturated rings. The Balaban J connectivity index is 1.71. The van der Waals surface area contributed by atoms with Crippen LogP contribution >= 0.6 is 11.8 Å². The van der Waals surface area contributed by atoms with Gasteiger partial charge in [0.2, 0.25) is 0 Å². The van der Waals surface area contributed by atoms with Crippen molar-refractivity contribution in [3.8, 4) is 0 Å². The summed E-state index contributed by atoms with van der Waals surface area (Å²) in [6.45, 7) is 7.62. The Labute approximate surface area is 266 Å². The summed E-state index contributed by atoms with van der Waals surface area (Å²) in [6.07, 6.45) is 0. The summed E-state index contributed by atoms with van der Waals surface area (Å²) in [7, 11) is 0. The molecule has 0 aromatic heterocycles. The number of hydrogen-bond acceptors (Lipinski definition) is 4. The van der Waals surface area contributed by atoms with Crippen molar-refractivity contribution in [2.24, 2.45) is 4.99 Å². The van der Waals surface area contributed by atoms with E-state index in [-0.39, 0.29) is 5.97 Å². The van der Waals surface area contributed by atoms with Gasteiger partial charge in [0.25, 0.3) is 0 Å². The average molecular weight is 598 g/mol. The molecule has 44 heavy (non-hydrogen) atoms. The lowest BCUT2D eigenvalue weighted by atomic mass is 9.84. The minimum absolute atomic E-state index is 0.357. The minimum Gasteiger partial charge on any atom is -0.458 e. The molecule has 5 rings (SSSR count). The van der Waals surface area contributed by atoms with Crippen molar-refractivity contribution < 1.29 is 9.53 Å². The van der Waals surface area contributed by atoms with Gasteiger partial charge in [-0.15, -0.1) is 11.8 Å². The molecule has 0 heterocycles. The van der Waals surface area contributed by atoms with Crippen molar-refractivity contribution in [2.75, 3.05) is 5.75 Å². The summed E-state index contributed by atoms with van der Waals surface area (Å²) >= 11 is 1.71. The van der Waals surface area contributed by atoms with Crippen molar-refractivity contribution >= 4 is 23.4 Å². The van der Waals surface area contributed by atoms with Gasteiger partial charge in [0, 0.05) is 16.9 Å². The highest BCUT2D eigenvalue weighted by Crippen LogP contribution is 2.50. The number of carbonyl (C=O) groups is 1. The van der Waals surface area contributed by atoms with Crippen LogP contribution in [0.2, 0.25) is 0 Å². The molecule has 3 nitrogen and oxygen atoms in total. The Kier molecular flexibility index (Phi) is 9.51. The summed E-state index contributed by atoms with van der Waals surface area (Å²) < 4.78 is 5.49. The highest BCUT2D eigenvalue weighted by Gasteiger charge is 2.44. The van der Waals surface area contributed by atoms with Gasteiger partial charge in [0.05, 0.1) is 10.5 Å². The minimum atomic E-state index is -1.22. The van der Waals surface area contributed by atoms with Gasteiger partial charge in [-0.2, -0.15) is 0 Å². The number of aliphatic imine (C=N–C) groups is 1. The van der Waals surface area contributed by atoms with E-state index in [4.69, 9.17) is 9.73 Å². The number of carbonyl (C=O) groups excluding carboxylic acids is 1. The number of nitrogens with zero attached hydrogens (tertiary/aromatic N) is 1. The topological polar surface area (TPSA) is 38.7 Å². The Morgan fingerprint density at radius 2 is 0.909 bits per heavy atom. The van der Waals surface area contributed by atoms with Crippen LogP contribution in [0.5, 0.6) is 0 Å². The Bertz CT molecular complexity index is 1530. The number of benzene rings is 5. The molecule has 0 saturated carbocycles. The maximum absolute atomic E-state index is 14.3. The molecule has 0 N–H and O–H groups in total. The molecule has 1 atom stereocenters. The van der Waals surface area contributed by atoms with Gasteiger partial charge in [0.1, 0.15) is 5.60 Å². The molecule has 0 radical (unpaired) electrons. The lowest BCUT2D eigenvalue weighted by Gasteiger charge is -2.38. The SMILES string of the molecule is CC(C)(C)OC(=O)[C@@](C)(CSC(c1ccccc1)(c1ccccc1)c1ccccc1)N=C(c1ccccc1)c1ccccc1. The third-order valence-electron chi connectivity index (χ3n) is 7.40. The average Bonchev–Trinajstić information content (AvgIpc) is 3.05. The van der Waals surface area contributed by atoms with Crippen molar-refractivity contribution in [1.29, 1.82) is 0 Å². The number of ether oxygens (including phenoxy) is 1. The maximum atomic E-state index is 14.3. The van der Waals surface area contributed by atoms with Crippen LogP contribution in [0.1, 0.15) is 55.5 Å². The zero-order valence-corrected chi connectivity index (χ0v) is 26.6. The van der Waals surface area contributed by atoms with Crippen molar-refractivity contribution in [3.63, 3.8) is 0 Å². The van der Waals surface area contributed by atoms with Crippen molar-refractivity contribution in [1.82, 2.24) is 0 Å². The first-order chi connectivity index (χ1) is 21.2. The highest BCUT2D eigenvalue weighted by molar-refractivity contribution is 8.00. The molecule has 0 saturated heterocycles. The van der Waals surface area contributed by atoms with E-state index >= 15 is 0 Å². The van der Waals surface area contributed by atoms with E-state index in [1.54, 1.807) is 11.8 Å². The van der Waals surface area contributed by atoms with Gasteiger partial charge < -0.3 is 4.74 Å². The van der Waals surface area contributed by atoms with E-state index in [9.17, 15) is 4.79 Å². The van der Waals surface area contributed by atoms with E-state index in [0.717, 1.165) is 33.5 Å². The summed E-state index contributed by atoms with van der Waals surface area (Å²) in [5.74, 6) is 0.00831. The summed E-state index contributed by atoms with van der Waals surface area (Å²) in [5, 5.41) is 0. The Hall–Kier alpha value is -4.41. The molecule has 0 unspecified atom stereocenters. The molecule has 4 heteroatoms. The molecule has 0 amide bonds. The molecule has 0 aliphatic heterocycles. The van der Waals surface area contributed by atoms with Gasteiger partial charge in [-0.25, -0.2) is 4.79 Å². The van der Waals surface area contributed by atoms with Gasteiger partial charge in [-0.1, -0.05) is 152 Å². The molecule has 222 valence electrons.